The molecule has 0 aliphatic heterocycles. The molecule has 1 rings (SSSR count). The summed E-state index contributed by atoms with van der Waals surface area (Å²) in [6.45, 7) is 1.31. The third-order valence-corrected chi connectivity index (χ3v) is 1.70. The monoisotopic (exact) mass is 205 g/mol. The number of nitrogens with one attached hydrogen (secondary N) is 1. The molecule has 0 saturated carbocycles. The maximum Gasteiger partial charge on any atom is 0.178 e. The van der Waals surface area contributed by atoms with Crippen LogP contribution >= 0.6 is 15.9 Å². The van der Waals surface area contributed by atoms with Gasteiger partial charge in [-0.1, -0.05) is 0 Å². The molecule has 0 aliphatic rings. The van der Waals surface area contributed by atoms with Gasteiger partial charge in [-0.25, -0.2) is 4.39 Å². The van der Waals surface area contributed by atoms with Crippen molar-refractivity contribution in [2.75, 3.05) is 0 Å². The van der Waals surface area contributed by atoms with Crippen LogP contribution in [0.15, 0.2) is 10.7 Å². The highest BCUT2D eigenvalue weighted by Gasteiger charge is 2.11. The van der Waals surface area contributed by atoms with Gasteiger partial charge in [-0.15, -0.1) is 0 Å². The Labute approximate surface area is 65.6 Å². The molecule has 0 aliphatic carbocycles. The second-order valence-corrected chi connectivity index (χ2v) is 2.74. The topological polar surface area (TPSA) is 32.9 Å². The lowest BCUT2D eigenvalue weighted by Crippen LogP contribution is -1.94. The van der Waals surface area contributed by atoms with Crippen molar-refractivity contribution in [1.82, 2.24) is 4.98 Å². The number of H-pyrrole nitrogens is 1. The zero-order chi connectivity index (χ0) is 7.72. The van der Waals surface area contributed by atoms with E-state index in [-0.39, 0.29) is 15.9 Å². The average molecular weight is 206 g/mol. The first-order valence-electron chi connectivity index (χ1n) is 2.66. The van der Waals surface area contributed by atoms with E-state index in [1.807, 2.05) is 0 Å². The highest BCUT2D eigenvalue weighted by Crippen LogP contribution is 2.17. The Morgan fingerprint density at radius 1 is 1.80 bits per heavy atom. The fourth-order valence-corrected chi connectivity index (χ4v) is 0.951. The number of aromatic amines is 1. The van der Waals surface area contributed by atoms with E-state index in [0.717, 1.165) is 0 Å². The predicted molar refractivity (Wildman–Crippen MR) is 38.5 cm³/mol. The van der Waals surface area contributed by atoms with E-state index in [0.29, 0.717) is 0 Å². The van der Waals surface area contributed by atoms with Gasteiger partial charge in [0.05, 0.1) is 4.47 Å². The Bertz CT molecular complexity index is 269. The van der Waals surface area contributed by atoms with Gasteiger partial charge in [-0.3, -0.25) is 4.79 Å². The van der Waals surface area contributed by atoms with Crippen LogP contribution in [0, 0.1) is 5.82 Å². The number of halogens is 2. The molecule has 0 bridgehead atoms. The maximum absolute atomic E-state index is 12.7. The molecule has 0 spiro atoms. The molecule has 0 amide bonds. The Balaban J connectivity index is 3.17. The Hall–Kier alpha value is -0.640. The molecule has 0 saturated heterocycles. The van der Waals surface area contributed by atoms with Crippen molar-refractivity contribution in [2.24, 2.45) is 0 Å². The summed E-state index contributed by atoms with van der Waals surface area (Å²) in [6, 6.07) is 0. The van der Waals surface area contributed by atoms with Gasteiger partial charge in [-0.2, -0.15) is 0 Å². The summed E-state index contributed by atoms with van der Waals surface area (Å²) in [4.78, 5) is 13.1. The van der Waals surface area contributed by atoms with Crippen molar-refractivity contribution >= 4 is 21.7 Å². The minimum Gasteiger partial charge on any atom is -0.355 e. The minimum absolute atomic E-state index is 0.0203. The molecule has 54 valence electrons. The second kappa shape index (κ2) is 2.54. The first-order valence-corrected chi connectivity index (χ1v) is 3.45. The van der Waals surface area contributed by atoms with Crippen molar-refractivity contribution < 1.29 is 9.18 Å². The lowest BCUT2D eigenvalue weighted by atomic mass is 10.3. The number of carbonyl (C=O) groups excluding carboxylic acids is 1. The summed E-state index contributed by atoms with van der Waals surface area (Å²) in [7, 11) is 0. The normalized spacial score (nSPS) is 9.90. The minimum atomic E-state index is -0.521. The van der Waals surface area contributed by atoms with Crippen molar-refractivity contribution in [2.45, 2.75) is 6.92 Å². The Kier molecular flexibility index (Phi) is 1.89. The highest BCUT2D eigenvalue weighted by molar-refractivity contribution is 9.10. The van der Waals surface area contributed by atoms with Crippen molar-refractivity contribution in [1.29, 1.82) is 0 Å². The molecule has 0 aromatic carbocycles. The van der Waals surface area contributed by atoms with Crippen LogP contribution in [0.25, 0.3) is 0 Å². The summed E-state index contributed by atoms with van der Waals surface area (Å²) < 4.78 is 13.0. The molecule has 4 heteroatoms. The van der Waals surface area contributed by atoms with Crippen LogP contribution in [-0.2, 0) is 0 Å². The van der Waals surface area contributed by atoms with Gasteiger partial charge in [0, 0.05) is 13.1 Å². The predicted octanol–water partition coefficient (Wildman–Crippen LogP) is 2.12. The number of carbonyl (C=O) groups is 1. The Morgan fingerprint density at radius 2 is 2.40 bits per heavy atom. The third-order valence-electron chi connectivity index (χ3n) is 1.12. The van der Waals surface area contributed by atoms with E-state index in [2.05, 4.69) is 20.9 Å². The zero-order valence-electron chi connectivity index (χ0n) is 5.24. The Morgan fingerprint density at radius 3 is 2.60 bits per heavy atom. The SMILES string of the molecule is CC(=O)c1[nH]cc(Br)c1F. The number of ketones is 1. The van der Waals surface area contributed by atoms with Crippen molar-refractivity contribution in [3.8, 4) is 0 Å². The molecule has 10 heavy (non-hydrogen) atoms. The highest BCUT2D eigenvalue weighted by atomic mass is 79.9. The van der Waals surface area contributed by atoms with Crippen molar-refractivity contribution in [3.05, 3.63) is 22.2 Å². The summed E-state index contributed by atoms with van der Waals surface area (Å²) in [5.74, 6) is -0.823. The van der Waals surface area contributed by atoms with Crippen LogP contribution < -0.4 is 0 Å². The number of hydrogen-bond acceptors (Lipinski definition) is 1. The van der Waals surface area contributed by atoms with Gasteiger partial charge in [-0.05, 0) is 15.9 Å². The van der Waals surface area contributed by atoms with E-state index in [4.69, 9.17) is 0 Å². The molecule has 1 aromatic heterocycles. The quantitative estimate of drug-likeness (QED) is 0.701. The van der Waals surface area contributed by atoms with Crippen LogP contribution in [-0.4, -0.2) is 10.8 Å². The van der Waals surface area contributed by atoms with Crippen LogP contribution in [0.1, 0.15) is 17.4 Å². The number of Topliss-reactive ketones (excluding diaryl/α,β-unsaturated/α-hetero) is 1. The van der Waals surface area contributed by atoms with Gasteiger partial charge in [0.25, 0.3) is 0 Å². The molecule has 1 heterocycles. The third kappa shape index (κ3) is 1.11. The average Bonchev–Trinajstić information content (AvgIpc) is 2.14. The fourth-order valence-electron chi connectivity index (χ4n) is 0.638. The fraction of sp³-hybridized carbons (Fsp3) is 0.167. The number of rotatable bonds is 1. The number of hydrogen-bond donors (Lipinski definition) is 1. The molecule has 0 atom stereocenters. The van der Waals surface area contributed by atoms with Crippen LogP contribution in [0.2, 0.25) is 0 Å². The van der Waals surface area contributed by atoms with Crippen LogP contribution in [0.3, 0.4) is 0 Å². The summed E-state index contributed by atoms with van der Waals surface area (Å²) in [6.07, 6.45) is 1.39. The number of aromatic nitrogens is 1. The van der Waals surface area contributed by atoms with E-state index in [9.17, 15) is 9.18 Å². The van der Waals surface area contributed by atoms with E-state index in [1.165, 1.54) is 13.1 Å². The zero-order valence-corrected chi connectivity index (χ0v) is 6.83. The van der Waals surface area contributed by atoms with Gasteiger partial charge in [0.1, 0.15) is 5.69 Å². The standard InChI is InChI=1S/C6H5BrFNO/c1-3(10)6-5(8)4(7)2-9-6/h2,9H,1H3. The molecule has 0 radical (unpaired) electrons. The molecule has 0 fully saturated rings. The summed E-state index contributed by atoms with van der Waals surface area (Å²) in [5.41, 5.74) is 0.0203. The lowest BCUT2D eigenvalue weighted by molar-refractivity contribution is 0.101. The van der Waals surface area contributed by atoms with Gasteiger partial charge in [0.2, 0.25) is 0 Å². The molecule has 1 aromatic rings. The van der Waals surface area contributed by atoms with Gasteiger partial charge < -0.3 is 4.98 Å². The molecule has 1 N–H and O–H groups in total. The first-order chi connectivity index (χ1) is 4.63. The molecular weight excluding hydrogens is 201 g/mol. The van der Waals surface area contributed by atoms with E-state index in [1.54, 1.807) is 0 Å². The van der Waals surface area contributed by atoms with E-state index < -0.39 is 5.82 Å². The van der Waals surface area contributed by atoms with Gasteiger partial charge >= 0.3 is 0 Å². The van der Waals surface area contributed by atoms with Crippen LogP contribution in [0.4, 0.5) is 4.39 Å². The van der Waals surface area contributed by atoms with E-state index >= 15 is 0 Å². The van der Waals surface area contributed by atoms with Gasteiger partial charge in [0.15, 0.2) is 11.6 Å². The smallest absolute Gasteiger partial charge is 0.178 e. The summed E-state index contributed by atoms with van der Waals surface area (Å²) in [5, 5.41) is 0. The molecule has 2 nitrogen and oxygen atoms in total. The lowest BCUT2D eigenvalue weighted by Gasteiger charge is -1.86. The maximum atomic E-state index is 12.7. The largest absolute Gasteiger partial charge is 0.355 e. The van der Waals surface area contributed by atoms with Crippen LogP contribution in [0.5, 0.6) is 0 Å². The molecular formula is C6H5BrFNO. The van der Waals surface area contributed by atoms with Crippen molar-refractivity contribution in [3.63, 3.8) is 0 Å². The molecule has 0 unspecified atom stereocenters. The second-order valence-electron chi connectivity index (χ2n) is 1.88. The summed E-state index contributed by atoms with van der Waals surface area (Å²) >= 11 is 2.93. The first kappa shape index (κ1) is 7.47.